The van der Waals surface area contributed by atoms with Gasteiger partial charge in [0, 0.05) is 6.42 Å². The number of amides is 1. The molecule has 4 rings (SSSR count). The molecule has 1 atom stereocenters. The van der Waals surface area contributed by atoms with Crippen LogP contribution < -0.4 is 11.3 Å². The van der Waals surface area contributed by atoms with E-state index < -0.39 is 29.2 Å². The lowest BCUT2D eigenvalue weighted by Crippen LogP contribution is -2.21. The van der Waals surface area contributed by atoms with Crippen molar-refractivity contribution in [2.45, 2.75) is 26.0 Å². The summed E-state index contributed by atoms with van der Waals surface area (Å²) >= 11 is 1.04. The highest BCUT2D eigenvalue weighted by molar-refractivity contribution is 7.20. The number of carbonyl (C=O) groups is 1. The Kier molecular flexibility index (Phi) is 5.33. The lowest BCUT2D eigenvalue weighted by molar-refractivity contribution is 0.100. The Balaban J connectivity index is 1.55. The molecule has 0 aliphatic heterocycles. The molecule has 4 aromatic rings. The van der Waals surface area contributed by atoms with Crippen LogP contribution in [0.25, 0.3) is 10.2 Å². The normalized spacial score (nSPS) is 12.4. The molecule has 3 aromatic heterocycles. The Labute approximate surface area is 176 Å². The third kappa shape index (κ3) is 3.94. The van der Waals surface area contributed by atoms with Crippen molar-refractivity contribution < 1.29 is 23.2 Å². The number of aryl methyl sites for hydroxylation is 1. The van der Waals surface area contributed by atoms with Crippen molar-refractivity contribution >= 4 is 27.5 Å². The van der Waals surface area contributed by atoms with Crippen LogP contribution in [-0.2, 0) is 13.0 Å². The van der Waals surface area contributed by atoms with E-state index in [9.17, 15) is 23.5 Å². The van der Waals surface area contributed by atoms with Gasteiger partial charge in [-0.2, -0.15) is 4.98 Å². The summed E-state index contributed by atoms with van der Waals surface area (Å²) in [6.07, 6.45) is 0.0135. The van der Waals surface area contributed by atoms with Crippen LogP contribution in [0.2, 0.25) is 0 Å². The van der Waals surface area contributed by atoms with Gasteiger partial charge in [0.25, 0.3) is 11.5 Å². The number of halogens is 2. The van der Waals surface area contributed by atoms with Crippen LogP contribution in [-0.4, -0.2) is 30.7 Å². The second-order valence-electron chi connectivity index (χ2n) is 6.78. The number of hydrogen-bond acceptors (Lipinski definition) is 8. The second-order valence-corrected chi connectivity index (χ2v) is 7.78. The zero-order valence-electron chi connectivity index (χ0n) is 16.0. The predicted molar refractivity (Wildman–Crippen MR) is 106 cm³/mol. The summed E-state index contributed by atoms with van der Waals surface area (Å²) in [4.78, 5) is 33.3. The van der Waals surface area contributed by atoms with Gasteiger partial charge < -0.3 is 15.4 Å². The van der Waals surface area contributed by atoms with E-state index in [1.165, 1.54) is 17.0 Å². The monoisotopic (exact) mass is 447 g/mol. The molecular formula is C19H15F2N5O4S. The van der Waals surface area contributed by atoms with Gasteiger partial charge in [0.05, 0.1) is 22.7 Å². The van der Waals surface area contributed by atoms with E-state index in [-0.39, 0.29) is 40.5 Å². The van der Waals surface area contributed by atoms with Gasteiger partial charge in [-0.1, -0.05) is 11.2 Å². The quantitative estimate of drug-likeness (QED) is 0.460. The molecule has 0 fully saturated rings. The Morgan fingerprint density at radius 3 is 2.84 bits per heavy atom. The molecule has 0 radical (unpaired) electrons. The topological polar surface area (TPSA) is 137 Å². The Bertz CT molecular complexity index is 1360. The van der Waals surface area contributed by atoms with Crippen LogP contribution in [0.5, 0.6) is 0 Å². The first-order chi connectivity index (χ1) is 14.7. The first-order valence-electron chi connectivity index (χ1n) is 8.97. The SMILES string of the molecule is Cc1c(C(N)=O)sc2ncn(Cc3nc(C[C@H](O)c4ccc(F)c(F)c4)no3)c(=O)c12. The van der Waals surface area contributed by atoms with Crippen molar-refractivity contribution in [2.24, 2.45) is 5.73 Å². The summed E-state index contributed by atoms with van der Waals surface area (Å²) in [6, 6.07) is 3.07. The second kappa shape index (κ2) is 7.96. The van der Waals surface area contributed by atoms with Crippen molar-refractivity contribution in [3.63, 3.8) is 0 Å². The van der Waals surface area contributed by atoms with Crippen molar-refractivity contribution in [1.29, 1.82) is 0 Å². The summed E-state index contributed by atoms with van der Waals surface area (Å²) in [5.74, 6) is -2.52. The molecule has 160 valence electrons. The van der Waals surface area contributed by atoms with E-state index in [1.54, 1.807) is 6.92 Å². The third-order valence-corrected chi connectivity index (χ3v) is 5.88. The maximum absolute atomic E-state index is 13.3. The van der Waals surface area contributed by atoms with Gasteiger partial charge in [-0.25, -0.2) is 13.8 Å². The van der Waals surface area contributed by atoms with E-state index in [0.717, 1.165) is 23.5 Å². The van der Waals surface area contributed by atoms with E-state index in [0.29, 0.717) is 10.4 Å². The van der Waals surface area contributed by atoms with Crippen LogP contribution in [0.3, 0.4) is 0 Å². The number of hydrogen-bond donors (Lipinski definition) is 2. The number of thiophene rings is 1. The molecule has 0 spiro atoms. The highest BCUT2D eigenvalue weighted by Gasteiger charge is 2.19. The minimum Gasteiger partial charge on any atom is -0.388 e. The van der Waals surface area contributed by atoms with Gasteiger partial charge >= 0.3 is 0 Å². The number of aliphatic hydroxyl groups excluding tert-OH is 1. The van der Waals surface area contributed by atoms with Gasteiger partial charge in [0.2, 0.25) is 5.89 Å². The number of aliphatic hydroxyl groups is 1. The van der Waals surface area contributed by atoms with E-state index >= 15 is 0 Å². The standard InChI is InChI=1S/C19H15F2N5O4S/c1-8-15-18(31-16(8)17(22)28)23-7-26(19(15)29)6-14-24-13(25-30-14)5-12(27)9-2-3-10(20)11(21)4-9/h2-4,7,12,27H,5-6H2,1H3,(H2,22,28)/t12-/m0/s1. The number of benzene rings is 1. The maximum atomic E-state index is 13.3. The summed E-state index contributed by atoms with van der Waals surface area (Å²) in [7, 11) is 0. The molecule has 0 bridgehead atoms. The van der Waals surface area contributed by atoms with Crippen LogP contribution in [0.1, 0.15) is 38.6 Å². The van der Waals surface area contributed by atoms with Crippen LogP contribution in [0.15, 0.2) is 33.8 Å². The van der Waals surface area contributed by atoms with Gasteiger partial charge in [-0.3, -0.25) is 14.2 Å². The lowest BCUT2D eigenvalue weighted by atomic mass is 10.1. The summed E-state index contributed by atoms with van der Waals surface area (Å²) < 4.78 is 32.8. The molecule has 0 aliphatic rings. The summed E-state index contributed by atoms with van der Waals surface area (Å²) in [5, 5.41) is 14.2. The highest BCUT2D eigenvalue weighted by Crippen LogP contribution is 2.26. The van der Waals surface area contributed by atoms with Gasteiger partial charge in [-0.05, 0) is 30.2 Å². The number of primary amides is 1. The lowest BCUT2D eigenvalue weighted by Gasteiger charge is -2.08. The largest absolute Gasteiger partial charge is 0.388 e. The average molecular weight is 447 g/mol. The van der Waals surface area contributed by atoms with Crippen LogP contribution in [0.4, 0.5) is 8.78 Å². The van der Waals surface area contributed by atoms with E-state index in [4.69, 9.17) is 10.3 Å². The fourth-order valence-electron chi connectivity index (χ4n) is 3.10. The molecule has 0 saturated carbocycles. The molecule has 0 aliphatic carbocycles. The van der Waals surface area contributed by atoms with Gasteiger partial charge in [-0.15, -0.1) is 11.3 Å². The fraction of sp³-hybridized carbons (Fsp3) is 0.211. The number of aromatic nitrogens is 4. The maximum Gasteiger partial charge on any atom is 0.262 e. The molecule has 9 nitrogen and oxygen atoms in total. The van der Waals surface area contributed by atoms with Crippen LogP contribution >= 0.6 is 11.3 Å². The Morgan fingerprint density at radius 2 is 2.13 bits per heavy atom. The molecule has 3 N–H and O–H groups in total. The van der Waals surface area contributed by atoms with Crippen molar-refractivity contribution in [1.82, 2.24) is 19.7 Å². The summed E-state index contributed by atoms with van der Waals surface area (Å²) in [5.41, 5.74) is 5.56. The van der Waals surface area contributed by atoms with Crippen molar-refractivity contribution in [3.05, 3.63) is 74.2 Å². The molecule has 3 heterocycles. The minimum atomic E-state index is -1.18. The number of carbonyl (C=O) groups excluding carboxylic acids is 1. The van der Waals surface area contributed by atoms with Gasteiger partial charge in [0.1, 0.15) is 11.4 Å². The Morgan fingerprint density at radius 1 is 1.35 bits per heavy atom. The van der Waals surface area contributed by atoms with Gasteiger partial charge in [0.15, 0.2) is 17.5 Å². The molecular weight excluding hydrogens is 432 g/mol. The highest BCUT2D eigenvalue weighted by atomic mass is 32.1. The average Bonchev–Trinajstić information content (AvgIpc) is 3.30. The number of fused-ring (bicyclic) bond motifs is 1. The summed E-state index contributed by atoms with van der Waals surface area (Å²) in [6.45, 7) is 1.54. The fourth-order valence-corrected chi connectivity index (χ4v) is 4.09. The Hall–Kier alpha value is -3.51. The number of rotatable bonds is 6. The number of nitrogens with zero attached hydrogens (tertiary/aromatic N) is 4. The number of nitrogens with two attached hydrogens (primary N) is 1. The first-order valence-corrected chi connectivity index (χ1v) is 9.79. The smallest absolute Gasteiger partial charge is 0.262 e. The zero-order valence-corrected chi connectivity index (χ0v) is 16.8. The molecule has 1 aromatic carbocycles. The molecule has 31 heavy (non-hydrogen) atoms. The molecule has 0 unspecified atom stereocenters. The van der Waals surface area contributed by atoms with Crippen LogP contribution in [0, 0.1) is 18.6 Å². The zero-order chi connectivity index (χ0) is 22.3. The minimum absolute atomic E-state index is 0.0822. The molecule has 1 amide bonds. The predicted octanol–water partition coefficient (Wildman–Crippen LogP) is 1.85. The van der Waals surface area contributed by atoms with E-state index in [2.05, 4.69) is 15.1 Å². The third-order valence-electron chi connectivity index (χ3n) is 4.66. The van der Waals surface area contributed by atoms with Crippen molar-refractivity contribution in [3.8, 4) is 0 Å². The first kappa shape index (κ1) is 20.8. The van der Waals surface area contributed by atoms with Crippen molar-refractivity contribution in [2.75, 3.05) is 0 Å². The molecule has 12 heteroatoms. The van der Waals surface area contributed by atoms with E-state index in [1.807, 2.05) is 0 Å². The molecule has 0 saturated heterocycles.